The van der Waals surface area contributed by atoms with E-state index in [2.05, 4.69) is 32.6 Å². The van der Waals surface area contributed by atoms with E-state index in [0.29, 0.717) is 11.0 Å². The molecule has 2 aromatic carbocycles. The smallest absolute Gasteiger partial charge is 0.237 e. The van der Waals surface area contributed by atoms with E-state index in [9.17, 15) is 4.79 Å². The fourth-order valence-electron chi connectivity index (χ4n) is 2.99. The zero-order valence-electron chi connectivity index (χ0n) is 16.7. The topological polar surface area (TPSA) is 79.9 Å². The normalized spacial score (nSPS) is 11.9. The number of rotatable bonds is 6. The van der Waals surface area contributed by atoms with Crippen LogP contribution in [0.15, 0.2) is 41.6 Å². The molecule has 0 saturated heterocycles. The lowest BCUT2D eigenvalue weighted by Crippen LogP contribution is -2.23. The van der Waals surface area contributed by atoms with E-state index in [4.69, 9.17) is 4.74 Å². The van der Waals surface area contributed by atoms with Gasteiger partial charge in [0.2, 0.25) is 11.1 Å². The molecule has 28 heavy (non-hydrogen) atoms. The van der Waals surface area contributed by atoms with Crippen molar-refractivity contribution in [3.63, 3.8) is 0 Å². The largest absolute Gasteiger partial charge is 0.497 e. The molecular formula is C21H24N4O2S. The Morgan fingerprint density at radius 3 is 2.39 bits per heavy atom. The number of thioether (sulfide) groups is 1. The number of nitrogens with zero attached hydrogens (tertiary/aromatic N) is 2. The molecule has 0 aliphatic carbocycles. The second-order valence-electron chi connectivity index (χ2n) is 6.72. The van der Waals surface area contributed by atoms with Crippen molar-refractivity contribution in [2.45, 2.75) is 38.1 Å². The highest BCUT2D eigenvalue weighted by molar-refractivity contribution is 8.00. The predicted octanol–water partition coefficient (Wildman–Crippen LogP) is 4.52. The molecule has 0 saturated carbocycles. The van der Waals surface area contributed by atoms with Crippen LogP contribution in [-0.4, -0.2) is 33.4 Å². The third-order valence-electron chi connectivity index (χ3n) is 4.40. The van der Waals surface area contributed by atoms with E-state index in [1.54, 1.807) is 7.11 Å². The van der Waals surface area contributed by atoms with E-state index >= 15 is 0 Å². The van der Waals surface area contributed by atoms with Crippen LogP contribution in [0.5, 0.6) is 5.75 Å². The number of aromatic nitrogens is 3. The highest BCUT2D eigenvalue weighted by Gasteiger charge is 2.19. The minimum Gasteiger partial charge on any atom is -0.497 e. The number of nitrogens with one attached hydrogen (secondary N) is 2. The summed E-state index contributed by atoms with van der Waals surface area (Å²) in [6, 6.07) is 11.7. The number of hydrogen-bond donors (Lipinski definition) is 2. The molecule has 0 aliphatic rings. The molecule has 0 spiro atoms. The standard InChI is InChI=1S/C21H24N4O2S/c1-12-10-13(2)18(14(3)11-12)22-20(26)15(4)28-21-23-19(24-25-21)16-6-8-17(27-5)9-7-16/h6-11,15H,1-5H3,(H,22,26)(H,23,24,25)/t15-/m0/s1. The lowest BCUT2D eigenvalue weighted by Gasteiger charge is -2.15. The van der Waals surface area contributed by atoms with Gasteiger partial charge in [0.25, 0.3) is 0 Å². The Labute approximate surface area is 169 Å². The summed E-state index contributed by atoms with van der Waals surface area (Å²) in [5.74, 6) is 1.36. The Balaban J connectivity index is 1.67. The van der Waals surface area contributed by atoms with Gasteiger partial charge in [0.15, 0.2) is 5.82 Å². The fraction of sp³-hybridized carbons (Fsp3) is 0.286. The number of benzene rings is 2. The first-order chi connectivity index (χ1) is 13.4. The number of methoxy groups -OCH3 is 1. The van der Waals surface area contributed by atoms with Gasteiger partial charge in [-0.2, -0.15) is 0 Å². The molecule has 0 bridgehead atoms. The van der Waals surface area contributed by atoms with Crippen LogP contribution < -0.4 is 10.1 Å². The third kappa shape index (κ3) is 4.54. The van der Waals surface area contributed by atoms with Crippen LogP contribution in [0.25, 0.3) is 11.4 Å². The number of hydrogen-bond acceptors (Lipinski definition) is 5. The van der Waals surface area contributed by atoms with Gasteiger partial charge in [-0.1, -0.05) is 29.5 Å². The van der Waals surface area contributed by atoms with Crippen molar-refractivity contribution in [3.05, 3.63) is 53.1 Å². The Kier molecular flexibility index (Phi) is 6.04. The van der Waals surface area contributed by atoms with Crippen LogP contribution in [0.2, 0.25) is 0 Å². The van der Waals surface area contributed by atoms with Crippen LogP contribution in [0, 0.1) is 20.8 Å². The summed E-state index contributed by atoms with van der Waals surface area (Å²) in [6.07, 6.45) is 0. The highest BCUT2D eigenvalue weighted by atomic mass is 32.2. The molecule has 1 amide bonds. The summed E-state index contributed by atoms with van der Waals surface area (Å²) in [5.41, 5.74) is 5.08. The van der Waals surface area contributed by atoms with Crippen molar-refractivity contribution in [2.24, 2.45) is 0 Å². The van der Waals surface area contributed by atoms with Gasteiger partial charge in [0.05, 0.1) is 12.4 Å². The molecule has 0 radical (unpaired) electrons. The first kappa shape index (κ1) is 19.9. The maximum atomic E-state index is 12.6. The number of amides is 1. The molecule has 1 heterocycles. The average Bonchev–Trinajstić information content (AvgIpc) is 3.13. The minimum atomic E-state index is -0.334. The maximum Gasteiger partial charge on any atom is 0.237 e. The van der Waals surface area contributed by atoms with Crippen molar-refractivity contribution in [3.8, 4) is 17.1 Å². The van der Waals surface area contributed by atoms with Crippen LogP contribution in [-0.2, 0) is 4.79 Å². The van der Waals surface area contributed by atoms with Crippen molar-refractivity contribution in [1.29, 1.82) is 0 Å². The van der Waals surface area contributed by atoms with Crippen LogP contribution in [0.1, 0.15) is 23.6 Å². The fourth-order valence-corrected chi connectivity index (χ4v) is 3.72. The lowest BCUT2D eigenvalue weighted by molar-refractivity contribution is -0.115. The van der Waals surface area contributed by atoms with Gasteiger partial charge in [-0.05, 0) is 63.1 Å². The van der Waals surface area contributed by atoms with E-state index in [1.165, 1.54) is 17.3 Å². The Bertz CT molecular complexity index is 959. The van der Waals surface area contributed by atoms with Crippen molar-refractivity contribution >= 4 is 23.4 Å². The molecule has 7 heteroatoms. The van der Waals surface area contributed by atoms with Crippen LogP contribution in [0.4, 0.5) is 5.69 Å². The van der Waals surface area contributed by atoms with E-state index in [0.717, 1.165) is 28.1 Å². The zero-order valence-corrected chi connectivity index (χ0v) is 17.5. The lowest BCUT2D eigenvalue weighted by atomic mass is 10.1. The Hall–Kier alpha value is -2.80. The van der Waals surface area contributed by atoms with E-state index in [-0.39, 0.29) is 11.2 Å². The second-order valence-corrected chi connectivity index (χ2v) is 8.03. The summed E-state index contributed by atoms with van der Waals surface area (Å²) in [6.45, 7) is 7.91. The van der Waals surface area contributed by atoms with Gasteiger partial charge < -0.3 is 10.1 Å². The van der Waals surface area contributed by atoms with Gasteiger partial charge in [0, 0.05) is 11.3 Å². The maximum absolute atomic E-state index is 12.6. The molecule has 6 nitrogen and oxygen atoms in total. The Morgan fingerprint density at radius 2 is 1.79 bits per heavy atom. The summed E-state index contributed by atoms with van der Waals surface area (Å²) in [5, 5.41) is 10.4. The van der Waals surface area contributed by atoms with Crippen LogP contribution >= 0.6 is 11.8 Å². The molecule has 0 aliphatic heterocycles. The molecule has 1 aromatic heterocycles. The van der Waals surface area contributed by atoms with Crippen molar-refractivity contribution in [2.75, 3.05) is 12.4 Å². The first-order valence-electron chi connectivity index (χ1n) is 8.99. The number of anilines is 1. The highest BCUT2D eigenvalue weighted by Crippen LogP contribution is 2.26. The monoisotopic (exact) mass is 396 g/mol. The van der Waals surface area contributed by atoms with Crippen molar-refractivity contribution in [1.82, 2.24) is 15.2 Å². The molecule has 0 fully saturated rings. The number of H-pyrrole nitrogens is 1. The summed E-state index contributed by atoms with van der Waals surface area (Å²) in [7, 11) is 1.63. The van der Waals surface area contributed by atoms with E-state index in [1.807, 2.05) is 52.0 Å². The number of carbonyl (C=O) groups excluding carboxylic acids is 1. The Morgan fingerprint density at radius 1 is 1.14 bits per heavy atom. The van der Waals surface area contributed by atoms with Gasteiger partial charge in [0.1, 0.15) is 5.75 Å². The molecule has 2 N–H and O–H groups in total. The number of ether oxygens (including phenoxy) is 1. The molecule has 3 aromatic rings. The quantitative estimate of drug-likeness (QED) is 0.599. The third-order valence-corrected chi connectivity index (χ3v) is 5.37. The van der Waals surface area contributed by atoms with E-state index < -0.39 is 0 Å². The molecule has 1 atom stereocenters. The first-order valence-corrected chi connectivity index (χ1v) is 9.87. The second kappa shape index (κ2) is 8.48. The minimum absolute atomic E-state index is 0.0733. The number of aromatic amines is 1. The summed E-state index contributed by atoms with van der Waals surface area (Å²) < 4.78 is 5.17. The number of aryl methyl sites for hydroxylation is 3. The van der Waals surface area contributed by atoms with Gasteiger partial charge in [-0.25, -0.2) is 4.98 Å². The van der Waals surface area contributed by atoms with Gasteiger partial charge in [-0.15, -0.1) is 5.10 Å². The zero-order chi connectivity index (χ0) is 20.3. The van der Waals surface area contributed by atoms with Crippen LogP contribution in [0.3, 0.4) is 0 Å². The summed E-state index contributed by atoms with van der Waals surface area (Å²) in [4.78, 5) is 17.1. The molecular weight excluding hydrogens is 372 g/mol. The number of carbonyl (C=O) groups is 1. The molecule has 3 rings (SSSR count). The predicted molar refractivity (Wildman–Crippen MR) is 113 cm³/mol. The molecule has 0 unspecified atom stereocenters. The summed E-state index contributed by atoms with van der Waals surface area (Å²) >= 11 is 1.32. The SMILES string of the molecule is COc1ccc(-c2nc(S[C@@H](C)C(=O)Nc3c(C)cc(C)cc3C)n[nH]2)cc1. The van der Waals surface area contributed by atoms with Gasteiger partial charge >= 0.3 is 0 Å². The average molecular weight is 397 g/mol. The molecule has 146 valence electrons. The van der Waals surface area contributed by atoms with Crippen molar-refractivity contribution < 1.29 is 9.53 Å². The van der Waals surface area contributed by atoms with Gasteiger partial charge in [-0.3, -0.25) is 9.89 Å².